The van der Waals surface area contributed by atoms with E-state index < -0.39 is 11.4 Å². The number of carbonyl (C=O) groups is 2. The predicted octanol–water partition coefficient (Wildman–Crippen LogP) is 0.932. The van der Waals surface area contributed by atoms with Crippen LogP contribution in [0.5, 0.6) is 0 Å². The summed E-state index contributed by atoms with van der Waals surface area (Å²) in [5, 5.41) is 12.1. The lowest BCUT2D eigenvalue weighted by atomic mass is 9.80. The Hall–Kier alpha value is -0.950. The Labute approximate surface area is 130 Å². The van der Waals surface area contributed by atoms with Gasteiger partial charge in [0.25, 0.3) is 0 Å². The molecule has 120 valence electrons. The number of aliphatic carboxylic acids is 1. The normalized spacial score (nSPS) is 22.8. The van der Waals surface area contributed by atoms with Gasteiger partial charge in [0, 0.05) is 50.8 Å². The van der Waals surface area contributed by atoms with E-state index in [4.69, 9.17) is 0 Å². The van der Waals surface area contributed by atoms with Crippen molar-refractivity contribution in [1.82, 2.24) is 15.1 Å². The van der Waals surface area contributed by atoms with Crippen LogP contribution in [0.25, 0.3) is 0 Å². The Morgan fingerprint density at radius 1 is 1.19 bits per heavy atom. The van der Waals surface area contributed by atoms with Gasteiger partial charge < -0.3 is 15.3 Å². The van der Waals surface area contributed by atoms with Crippen molar-refractivity contribution < 1.29 is 14.7 Å². The van der Waals surface area contributed by atoms with Crippen LogP contribution >= 0.6 is 11.8 Å². The largest absolute Gasteiger partial charge is 0.481 e. The second-order valence-electron chi connectivity index (χ2n) is 6.04. The average Bonchev–Trinajstić information content (AvgIpc) is 2.49. The van der Waals surface area contributed by atoms with E-state index in [1.54, 1.807) is 11.8 Å². The number of nitrogens with one attached hydrogen (secondary N) is 1. The van der Waals surface area contributed by atoms with Crippen LogP contribution in [-0.4, -0.2) is 77.7 Å². The van der Waals surface area contributed by atoms with Gasteiger partial charge in [-0.05, 0) is 19.8 Å². The smallest absolute Gasteiger partial charge is 0.317 e. The number of hydrogen-bond donors (Lipinski definition) is 2. The van der Waals surface area contributed by atoms with Crippen LogP contribution in [-0.2, 0) is 4.79 Å². The van der Waals surface area contributed by atoms with Crippen molar-refractivity contribution in [2.75, 3.05) is 50.8 Å². The van der Waals surface area contributed by atoms with Crippen LogP contribution in [0.1, 0.15) is 19.8 Å². The Morgan fingerprint density at radius 3 is 2.38 bits per heavy atom. The minimum Gasteiger partial charge on any atom is -0.481 e. The monoisotopic (exact) mass is 315 g/mol. The third-order valence-corrected chi connectivity index (χ3v) is 5.42. The van der Waals surface area contributed by atoms with Gasteiger partial charge in [0.05, 0.1) is 5.41 Å². The average molecular weight is 315 g/mol. The zero-order valence-corrected chi connectivity index (χ0v) is 13.5. The number of urea groups is 1. The molecule has 2 aliphatic heterocycles. The number of likely N-dealkylation sites (tertiary alicyclic amines) is 1. The molecule has 0 spiro atoms. The lowest BCUT2D eigenvalue weighted by Gasteiger charge is -2.36. The molecular formula is C14H25N3O3S. The number of carbonyl (C=O) groups excluding carboxylic acids is 1. The van der Waals surface area contributed by atoms with Gasteiger partial charge in [-0.2, -0.15) is 11.8 Å². The van der Waals surface area contributed by atoms with Crippen molar-refractivity contribution in [3.05, 3.63) is 0 Å². The number of carboxylic acid groups (broad SMARTS) is 1. The van der Waals surface area contributed by atoms with E-state index >= 15 is 0 Å². The molecule has 2 aliphatic rings. The molecule has 0 bridgehead atoms. The first-order chi connectivity index (χ1) is 10.0. The van der Waals surface area contributed by atoms with Crippen LogP contribution in [0.2, 0.25) is 0 Å². The maximum atomic E-state index is 12.1. The molecule has 7 heteroatoms. The summed E-state index contributed by atoms with van der Waals surface area (Å²) in [5.41, 5.74) is -0.678. The van der Waals surface area contributed by atoms with Crippen molar-refractivity contribution in [3.63, 3.8) is 0 Å². The van der Waals surface area contributed by atoms with Gasteiger partial charge in [-0.15, -0.1) is 0 Å². The molecule has 6 nitrogen and oxygen atoms in total. The van der Waals surface area contributed by atoms with Crippen LogP contribution in [0.15, 0.2) is 0 Å². The summed E-state index contributed by atoms with van der Waals surface area (Å²) in [7, 11) is 0. The molecule has 0 aromatic carbocycles. The number of thioether (sulfide) groups is 1. The number of carboxylic acids is 1. The molecular weight excluding hydrogens is 290 g/mol. The first-order valence-electron chi connectivity index (χ1n) is 7.57. The molecule has 21 heavy (non-hydrogen) atoms. The predicted molar refractivity (Wildman–Crippen MR) is 83.7 cm³/mol. The molecule has 2 rings (SSSR count). The van der Waals surface area contributed by atoms with Crippen molar-refractivity contribution in [2.45, 2.75) is 19.8 Å². The summed E-state index contributed by atoms with van der Waals surface area (Å²) < 4.78 is 0. The van der Waals surface area contributed by atoms with E-state index in [0.717, 1.165) is 19.6 Å². The molecule has 0 unspecified atom stereocenters. The van der Waals surface area contributed by atoms with Crippen LogP contribution in [0.4, 0.5) is 4.79 Å². The van der Waals surface area contributed by atoms with Crippen molar-refractivity contribution in [3.8, 4) is 0 Å². The number of piperidine rings is 1. The molecule has 2 N–H and O–H groups in total. The summed E-state index contributed by atoms with van der Waals surface area (Å²) in [6.07, 6.45) is 1.05. The third-order valence-electron chi connectivity index (χ3n) is 4.48. The van der Waals surface area contributed by atoms with Gasteiger partial charge in [0.2, 0.25) is 0 Å². The highest BCUT2D eigenvalue weighted by Crippen LogP contribution is 2.30. The number of hydrogen-bond acceptors (Lipinski definition) is 4. The Bertz CT molecular complexity index is 378. The minimum atomic E-state index is -0.759. The Kier molecular flexibility index (Phi) is 5.75. The maximum absolute atomic E-state index is 12.1. The molecule has 0 aromatic heterocycles. The van der Waals surface area contributed by atoms with E-state index in [0.29, 0.717) is 32.5 Å². The SMILES string of the molecule is CC1(C(=O)O)CCN(C(=O)NCCN2CCSCC2)CC1. The topological polar surface area (TPSA) is 72.9 Å². The molecule has 0 atom stereocenters. The lowest BCUT2D eigenvalue weighted by molar-refractivity contribution is -0.150. The van der Waals surface area contributed by atoms with Gasteiger partial charge in [0.15, 0.2) is 0 Å². The summed E-state index contributed by atoms with van der Waals surface area (Å²) in [6.45, 7) is 6.56. The molecule has 0 saturated carbocycles. The van der Waals surface area contributed by atoms with Crippen LogP contribution in [0, 0.1) is 5.41 Å². The van der Waals surface area contributed by atoms with Gasteiger partial charge >= 0.3 is 12.0 Å². The number of rotatable bonds is 4. The van der Waals surface area contributed by atoms with Gasteiger partial charge in [0.1, 0.15) is 0 Å². The number of nitrogens with zero attached hydrogens (tertiary/aromatic N) is 2. The summed E-state index contributed by atoms with van der Waals surface area (Å²) in [6, 6.07) is -0.0613. The third kappa shape index (κ3) is 4.51. The van der Waals surface area contributed by atoms with Crippen LogP contribution < -0.4 is 5.32 Å². The molecule has 2 fully saturated rings. The molecule has 0 aromatic rings. The summed E-state index contributed by atoms with van der Waals surface area (Å²) >= 11 is 1.98. The molecule has 2 amide bonds. The highest BCUT2D eigenvalue weighted by atomic mass is 32.2. The highest BCUT2D eigenvalue weighted by molar-refractivity contribution is 7.99. The summed E-state index contributed by atoms with van der Waals surface area (Å²) in [5.74, 6) is 1.59. The van der Waals surface area contributed by atoms with Gasteiger partial charge in [-0.25, -0.2) is 4.79 Å². The maximum Gasteiger partial charge on any atom is 0.317 e. The zero-order chi connectivity index (χ0) is 15.3. The van der Waals surface area contributed by atoms with E-state index in [2.05, 4.69) is 10.2 Å². The zero-order valence-electron chi connectivity index (χ0n) is 12.6. The molecule has 2 saturated heterocycles. The van der Waals surface area contributed by atoms with Gasteiger partial charge in [-0.1, -0.05) is 0 Å². The van der Waals surface area contributed by atoms with Crippen LogP contribution in [0.3, 0.4) is 0 Å². The second-order valence-corrected chi connectivity index (χ2v) is 7.26. The molecule has 2 heterocycles. The second kappa shape index (κ2) is 7.35. The summed E-state index contributed by atoms with van der Waals surface area (Å²) in [4.78, 5) is 27.3. The van der Waals surface area contributed by atoms with E-state index in [9.17, 15) is 14.7 Å². The lowest BCUT2D eigenvalue weighted by Crippen LogP contribution is -2.50. The van der Waals surface area contributed by atoms with E-state index in [-0.39, 0.29) is 6.03 Å². The van der Waals surface area contributed by atoms with Crippen molar-refractivity contribution in [1.29, 1.82) is 0 Å². The van der Waals surface area contributed by atoms with Crippen molar-refractivity contribution in [2.24, 2.45) is 5.41 Å². The molecule has 0 radical (unpaired) electrons. The number of amides is 2. The van der Waals surface area contributed by atoms with Crippen molar-refractivity contribution >= 4 is 23.8 Å². The van der Waals surface area contributed by atoms with E-state index in [1.807, 2.05) is 11.8 Å². The Morgan fingerprint density at radius 2 is 1.81 bits per heavy atom. The first kappa shape index (κ1) is 16.4. The van der Waals surface area contributed by atoms with Gasteiger partial charge in [-0.3, -0.25) is 9.69 Å². The fourth-order valence-corrected chi connectivity index (χ4v) is 3.65. The quantitative estimate of drug-likeness (QED) is 0.807. The molecule has 0 aliphatic carbocycles. The van der Waals surface area contributed by atoms with E-state index in [1.165, 1.54) is 11.5 Å². The fourth-order valence-electron chi connectivity index (χ4n) is 2.67. The first-order valence-corrected chi connectivity index (χ1v) is 8.73. The Balaban J connectivity index is 1.66. The fraction of sp³-hybridized carbons (Fsp3) is 0.857. The standard InChI is InChI=1S/C14H25N3O3S/c1-14(12(18)19)2-5-17(6-3-14)13(20)15-4-7-16-8-10-21-11-9-16/h2-11H2,1H3,(H,15,20)(H,18,19). The highest BCUT2D eigenvalue weighted by Gasteiger charge is 2.37. The minimum absolute atomic E-state index is 0.0613.